The second kappa shape index (κ2) is 14.1. The number of carbonyl (C=O) groups is 3. The molecule has 174 valence electrons. The van der Waals surface area contributed by atoms with Gasteiger partial charge in [0.1, 0.15) is 3.53 Å². The van der Waals surface area contributed by atoms with Gasteiger partial charge in [-0.15, -0.1) is 11.8 Å². The number of primary amides is 2. The smallest absolute Gasteiger partial charge is 0.312 e. The molecule has 0 radical (unpaired) electrons. The van der Waals surface area contributed by atoms with Crippen molar-refractivity contribution >= 4 is 57.1 Å². The lowest BCUT2D eigenvalue weighted by atomic mass is 9.76. The first-order valence-electron chi connectivity index (χ1n) is 9.76. The minimum absolute atomic E-state index is 0.293. The van der Waals surface area contributed by atoms with Crippen LogP contribution in [0.2, 0.25) is 0 Å². The first-order chi connectivity index (χ1) is 13.8. The van der Waals surface area contributed by atoms with Crippen molar-refractivity contribution in [2.24, 2.45) is 40.7 Å². The maximum Gasteiger partial charge on any atom is 0.312 e. The Labute approximate surface area is 192 Å². The maximum absolute atomic E-state index is 12.4. The molecule has 9 nitrogen and oxygen atoms in total. The Hall–Kier alpha value is -1.08. The summed E-state index contributed by atoms with van der Waals surface area (Å²) in [5, 5.41) is 5.32. The Kier molecular flexibility index (Phi) is 13.6. The van der Waals surface area contributed by atoms with E-state index in [-0.39, 0.29) is 17.7 Å². The van der Waals surface area contributed by atoms with Gasteiger partial charge in [0, 0.05) is 13.1 Å². The summed E-state index contributed by atoms with van der Waals surface area (Å²) >= 11 is 7.83. The van der Waals surface area contributed by atoms with Crippen molar-refractivity contribution < 1.29 is 14.4 Å². The van der Waals surface area contributed by atoms with Gasteiger partial charge in [0.2, 0.25) is 11.8 Å². The van der Waals surface area contributed by atoms with Crippen molar-refractivity contribution in [3.63, 3.8) is 0 Å². The second-order valence-corrected chi connectivity index (χ2v) is 11.0. The highest BCUT2D eigenvalue weighted by molar-refractivity contribution is 8.47. The zero-order valence-corrected chi connectivity index (χ0v) is 20.6. The number of unbranched alkanes of at least 4 members (excludes halogenated alkanes) is 2. The van der Waals surface area contributed by atoms with Gasteiger partial charge in [-0.2, -0.15) is 0 Å². The van der Waals surface area contributed by atoms with Crippen molar-refractivity contribution in [3.8, 4) is 0 Å². The van der Waals surface area contributed by atoms with Crippen molar-refractivity contribution in [1.29, 1.82) is 0 Å². The predicted octanol–water partition coefficient (Wildman–Crippen LogP) is 0.698. The number of urea groups is 1. The topological polar surface area (TPSA) is 179 Å². The van der Waals surface area contributed by atoms with Gasteiger partial charge in [0.05, 0.1) is 16.8 Å². The third-order valence-electron chi connectivity index (χ3n) is 5.07. The summed E-state index contributed by atoms with van der Waals surface area (Å²) in [4.78, 5) is 34.2. The number of rotatable bonds is 13. The highest BCUT2D eigenvalue weighted by Crippen LogP contribution is 2.38. The van der Waals surface area contributed by atoms with Gasteiger partial charge >= 0.3 is 6.03 Å². The summed E-state index contributed by atoms with van der Waals surface area (Å²) < 4.78 is 0.610. The minimum atomic E-state index is -1.02. The monoisotopic (exact) mass is 480 g/mol. The van der Waals surface area contributed by atoms with Crippen LogP contribution in [0, 0.1) is 17.8 Å². The predicted molar refractivity (Wildman–Crippen MR) is 130 cm³/mol. The van der Waals surface area contributed by atoms with Crippen LogP contribution in [0.3, 0.4) is 0 Å². The third-order valence-corrected chi connectivity index (χ3v) is 7.76. The highest BCUT2D eigenvalue weighted by Gasteiger charge is 2.43. The van der Waals surface area contributed by atoms with E-state index in [9.17, 15) is 14.4 Å². The molecule has 0 aliphatic rings. The molecule has 0 aliphatic heterocycles. The Morgan fingerprint density at radius 1 is 1.03 bits per heavy atom. The van der Waals surface area contributed by atoms with Gasteiger partial charge in [-0.25, -0.2) is 4.79 Å². The van der Waals surface area contributed by atoms with Crippen LogP contribution in [0.1, 0.15) is 40.0 Å². The molecule has 4 amide bonds. The van der Waals surface area contributed by atoms with E-state index in [0.29, 0.717) is 16.6 Å². The molecule has 0 rings (SSSR count). The number of amides is 4. The number of nitrogens with one attached hydrogen (secondary N) is 2. The lowest BCUT2D eigenvalue weighted by Gasteiger charge is -2.38. The van der Waals surface area contributed by atoms with E-state index >= 15 is 0 Å². The number of hydrogen-bond acceptors (Lipinski definition) is 8. The summed E-state index contributed by atoms with van der Waals surface area (Å²) in [6, 6.07) is -1.36. The number of thioether (sulfide) groups is 2. The van der Waals surface area contributed by atoms with E-state index in [0.717, 1.165) is 19.3 Å². The van der Waals surface area contributed by atoms with Gasteiger partial charge in [-0.05, 0) is 44.3 Å². The van der Waals surface area contributed by atoms with Gasteiger partial charge in [0.15, 0.2) is 0 Å². The molecule has 12 heteroatoms. The SMILES string of the molecule is CSC(=S)SC(C)(N)C(C(N)=O)C(C)C(C)C(N)C(=O)NCCCCCNC(N)=O. The Morgan fingerprint density at radius 3 is 2.03 bits per heavy atom. The molecule has 0 bridgehead atoms. The van der Waals surface area contributed by atoms with Gasteiger partial charge in [0.25, 0.3) is 0 Å². The highest BCUT2D eigenvalue weighted by atomic mass is 32.2. The zero-order chi connectivity index (χ0) is 23.5. The molecule has 0 fully saturated rings. The number of hydrogen-bond donors (Lipinski definition) is 6. The molecule has 0 heterocycles. The van der Waals surface area contributed by atoms with Crippen LogP contribution in [0.5, 0.6) is 0 Å². The summed E-state index contributed by atoms with van der Waals surface area (Å²) in [5.74, 6) is -2.24. The van der Waals surface area contributed by atoms with Gasteiger partial charge in [-0.1, -0.05) is 37.8 Å². The lowest BCUT2D eigenvalue weighted by Crippen LogP contribution is -2.55. The maximum atomic E-state index is 12.4. The Bertz CT molecular complexity index is 606. The third kappa shape index (κ3) is 10.3. The van der Waals surface area contributed by atoms with Crippen molar-refractivity contribution in [3.05, 3.63) is 0 Å². The summed E-state index contributed by atoms with van der Waals surface area (Å²) in [5.41, 5.74) is 23.2. The average molecular weight is 481 g/mol. The molecule has 5 unspecified atom stereocenters. The molecule has 0 saturated heterocycles. The van der Waals surface area contributed by atoms with Gasteiger partial charge < -0.3 is 33.6 Å². The molecule has 0 aliphatic carbocycles. The van der Waals surface area contributed by atoms with E-state index in [1.807, 2.05) is 20.1 Å². The first kappa shape index (κ1) is 28.9. The minimum Gasteiger partial charge on any atom is -0.369 e. The summed E-state index contributed by atoms with van der Waals surface area (Å²) in [6.45, 7) is 6.33. The summed E-state index contributed by atoms with van der Waals surface area (Å²) in [7, 11) is 0. The van der Waals surface area contributed by atoms with E-state index in [4.69, 9.17) is 35.2 Å². The number of carbonyl (C=O) groups excluding carboxylic acids is 3. The molecular weight excluding hydrogens is 444 g/mol. The number of nitrogens with two attached hydrogens (primary N) is 4. The molecule has 10 N–H and O–H groups in total. The fourth-order valence-corrected chi connectivity index (χ4v) is 5.41. The lowest BCUT2D eigenvalue weighted by molar-refractivity contribution is -0.128. The normalized spacial score (nSPS) is 17.1. The average Bonchev–Trinajstić information content (AvgIpc) is 2.64. The van der Waals surface area contributed by atoms with Crippen LogP contribution in [0.25, 0.3) is 0 Å². The van der Waals surface area contributed by atoms with Crippen molar-refractivity contribution in [1.82, 2.24) is 10.6 Å². The van der Waals surface area contributed by atoms with Crippen LogP contribution in [-0.4, -0.2) is 51.6 Å². The van der Waals surface area contributed by atoms with Crippen LogP contribution < -0.4 is 33.6 Å². The quantitative estimate of drug-likeness (QED) is 0.127. The van der Waals surface area contributed by atoms with E-state index in [1.54, 1.807) is 6.92 Å². The molecule has 0 aromatic heterocycles. The molecule has 30 heavy (non-hydrogen) atoms. The van der Waals surface area contributed by atoms with E-state index in [1.165, 1.54) is 23.5 Å². The number of thiocarbonyl (C=S) groups is 1. The molecule has 0 saturated carbocycles. The largest absolute Gasteiger partial charge is 0.369 e. The molecule has 5 atom stereocenters. The van der Waals surface area contributed by atoms with Crippen molar-refractivity contribution in [2.45, 2.75) is 50.9 Å². The van der Waals surface area contributed by atoms with Crippen LogP contribution >= 0.6 is 35.7 Å². The summed E-state index contributed by atoms with van der Waals surface area (Å²) in [6.07, 6.45) is 4.18. The van der Waals surface area contributed by atoms with Crippen LogP contribution in [0.15, 0.2) is 0 Å². The molecule has 0 spiro atoms. The Balaban J connectivity index is 4.77. The van der Waals surface area contributed by atoms with Crippen LogP contribution in [-0.2, 0) is 9.59 Å². The molecular formula is C18H36N6O3S3. The fourth-order valence-electron chi connectivity index (χ4n) is 3.19. The van der Waals surface area contributed by atoms with E-state index < -0.39 is 28.8 Å². The van der Waals surface area contributed by atoms with Crippen LogP contribution in [0.4, 0.5) is 4.79 Å². The van der Waals surface area contributed by atoms with Crippen molar-refractivity contribution in [2.75, 3.05) is 19.3 Å². The Morgan fingerprint density at radius 2 is 1.57 bits per heavy atom. The standard InChI is InChI=1S/C18H36N6O3S3/c1-10(12(14(20)25)18(3,22)30-17(28)29-4)11(2)13(19)15(26)23-8-6-5-7-9-24-16(21)27/h10-13H,5-9,19,22H2,1-4H3,(H2,20,25)(H,23,26)(H3,21,24,27). The second-order valence-electron chi connectivity index (χ2n) is 7.51. The molecule has 0 aromatic carbocycles. The first-order valence-corrected chi connectivity index (χ1v) is 12.2. The van der Waals surface area contributed by atoms with E-state index in [2.05, 4.69) is 10.6 Å². The van der Waals surface area contributed by atoms with Gasteiger partial charge in [-0.3, -0.25) is 9.59 Å². The zero-order valence-electron chi connectivity index (χ0n) is 18.1. The fraction of sp³-hybridized carbons (Fsp3) is 0.778. The molecule has 0 aromatic rings.